The second-order valence-electron chi connectivity index (χ2n) is 7.04. The van der Waals surface area contributed by atoms with Crippen LogP contribution >= 0.6 is 0 Å². The van der Waals surface area contributed by atoms with Crippen LogP contribution < -0.4 is 19.1 Å². The van der Waals surface area contributed by atoms with E-state index in [-0.39, 0.29) is 12.6 Å². The van der Waals surface area contributed by atoms with Gasteiger partial charge in [-0.2, -0.15) is 0 Å². The summed E-state index contributed by atoms with van der Waals surface area (Å²) < 4.78 is 36.7. The van der Waals surface area contributed by atoms with Crippen molar-refractivity contribution in [1.29, 1.82) is 0 Å². The first-order chi connectivity index (χ1) is 13.9. The molecule has 0 heterocycles. The fourth-order valence-corrected chi connectivity index (χ4v) is 4.22. The molecular formula is C21H26N2O5S. The van der Waals surface area contributed by atoms with Gasteiger partial charge in [0.05, 0.1) is 25.2 Å². The van der Waals surface area contributed by atoms with Crippen LogP contribution in [-0.2, 0) is 14.8 Å². The van der Waals surface area contributed by atoms with E-state index >= 15 is 0 Å². The highest BCUT2D eigenvalue weighted by molar-refractivity contribution is 7.92. The second kappa shape index (κ2) is 9.17. The molecule has 2 aromatic carbocycles. The summed E-state index contributed by atoms with van der Waals surface area (Å²) in [7, 11) is -2.23. The zero-order chi connectivity index (χ0) is 20.9. The number of hydrogen-bond donors (Lipinski definition) is 1. The fraction of sp³-hybridized carbons (Fsp3) is 0.381. The Hall–Kier alpha value is -2.74. The smallest absolute Gasteiger partial charge is 0.245 e. The molecule has 2 aromatic rings. The summed E-state index contributed by atoms with van der Waals surface area (Å²) >= 11 is 0. The zero-order valence-electron chi connectivity index (χ0n) is 16.6. The molecule has 1 amide bonds. The number of nitrogens with one attached hydrogen (secondary N) is 1. The molecule has 3 rings (SSSR count). The van der Waals surface area contributed by atoms with E-state index < -0.39 is 15.9 Å². The van der Waals surface area contributed by atoms with E-state index in [4.69, 9.17) is 9.47 Å². The van der Waals surface area contributed by atoms with Gasteiger partial charge < -0.3 is 14.8 Å². The van der Waals surface area contributed by atoms with Crippen molar-refractivity contribution in [3.63, 3.8) is 0 Å². The number of para-hydroxylation sites is 2. The van der Waals surface area contributed by atoms with Crippen LogP contribution in [0.15, 0.2) is 48.5 Å². The van der Waals surface area contributed by atoms with Gasteiger partial charge in [-0.15, -0.1) is 0 Å². The lowest BCUT2D eigenvalue weighted by atomic mass is 10.2. The first kappa shape index (κ1) is 21.0. The minimum atomic E-state index is -3.69. The van der Waals surface area contributed by atoms with Gasteiger partial charge in [-0.05, 0) is 62.1 Å². The molecule has 8 heteroatoms. The van der Waals surface area contributed by atoms with Gasteiger partial charge in [0.15, 0.2) is 0 Å². The van der Waals surface area contributed by atoms with Crippen molar-refractivity contribution in [3.05, 3.63) is 48.5 Å². The van der Waals surface area contributed by atoms with Gasteiger partial charge >= 0.3 is 0 Å². The molecule has 0 unspecified atom stereocenters. The van der Waals surface area contributed by atoms with E-state index in [9.17, 15) is 13.2 Å². The van der Waals surface area contributed by atoms with E-state index in [1.165, 1.54) is 20.0 Å². The fourth-order valence-electron chi connectivity index (χ4n) is 3.36. The molecule has 29 heavy (non-hydrogen) atoms. The first-order valence-electron chi connectivity index (χ1n) is 9.54. The number of nitrogens with zero attached hydrogens (tertiary/aromatic N) is 1. The lowest BCUT2D eigenvalue weighted by Gasteiger charge is -2.23. The van der Waals surface area contributed by atoms with Crippen LogP contribution in [0.1, 0.15) is 25.7 Å². The summed E-state index contributed by atoms with van der Waals surface area (Å²) in [5.74, 6) is 0.687. The largest absolute Gasteiger partial charge is 0.495 e. The Morgan fingerprint density at radius 3 is 2.38 bits per heavy atom. The number of carbonyl (C=O) groups excluding carboxylic acids is 1. The average molecular weight is 419 g/mol. The van der Waals surface area contributed by atoms with E-state index in [2.05, 4.69) is 5.32 Å². The van der Waals surface area contributed by atoms with Gasteiger partial charge in [-0.3, -0.25) is 9.10 Å². The lowest BCUT2D eigenvalue weighted by Crippen LogP contribution is -2.37. The molecule has 0 saturated heterocycles. The Labute approximate surface area is 171 Å². The number of benzene rings is 2. The number of sulfonamides is 1. The maximum Gasteiger partial charge on any atom is 0.245 e. The molecule has 1 aliphatic rings. The summed E-state index contributed by atoms with van der Waals surface area (Å²) in [4.78, 5) is 12.5. The number of amides is 1. The molecule has 156 valence electrons. The van der Waals surface area contributed by atoms with Gasteiger partial charge in [0, 0.05) is 5.69 Å². The number of ether oxygens (including phenoxy) is 2. The van der Waals surface area contributed by atoms with Crippen molar-refractivity contribution in [3.8, 4) is 11.5 Å². The van der Waals surface area contributed by atoms with Gasteiger partial charge in [-0.1, -0.05) is 12.1 Å². The summed E-state index contributed by atoms with van der Waals surface area (Å²) in [6.45, 7) is -0.362. The Kier molecular flexibility index (Phi) is 6.64. The van der Waals surface area contributed by atoms with Crippen LogP contribution in [0.25, 0.3) is 0 Å². The molecule has 0 atom stereocenters. The highest BCUT2D eigenvalue weighted by Crippen LogP contribution is 2.29. The van der Waals surface area contributed by atoms with E-state index in [0.717, 1.165) is 29.2 Å². The third-order valence-corrected chi connectivity index (χ3v) is 5.91. The summed E-state index contributed by atoms with van der Waals surface area (Å²) in [5, 5.41) is 2.73. The average Bonchev–Trinajstić information content (AvgIpc) is 3.20. The van der Waals surface area contributed by atoms with Gasteiger partial charge in [0.25, 0.3) is 0 Å². The number of methoxy groups -OCH3 is 1. The summed E-state index contributed by atoms with van der Waals surface area (Å²) in [6.07, 6.45) is 5.86. The van der Waals surface area contributed by atoms with Crippen molar-refractivity contribution in [2.75, 3.05) is 29.5 Å². The van der Waals surface area contributed by atoms with Crippen LogP contribution in [0.4, 0.5) is 11.4 Å². The number of rotatable bonds is 8. The Balaban J connectivity index is 1.67. The topological polar surface area (TPSA) is 84.9 Å². The standard InChI is InChI=1S/C21H26N2O5S/c1-27-20-10-6-5-9-19(20)23(29(2,25)26)15-21(24)22-16-11-13-18(14-12-16)28-17-7-3-4-8-17/h5-6,9-14,17H,3-4,7-8,15H2,1-2H3,(H,22,24). The predicted octanol–water partition coefficient (Wildman–Crippen LogP) is 3.42. The normalized spacial score (nSPS) is 14.4. The summed E-state index contributed by atoms with van der Waals surface area (Å²) in [5.41, 5.74) is 0.884. The highest BCUT2D eigenvalue weighted by Gasteiger charge is 2.24. The molecule has 0 aromatic heterocycles. The molecule has 0 radical (unpaired) electrons. The Morgan fingerprint density at radius 2 is 1.76 bits per heavy atom. The monoisotopic (exact) mass is 418 g/mol. The van der Waals surface area contributed by atoms with Crippen LogP contribution in [-0.4, -0.2) is 40.3 Å². The third-order valence-electron chi connectivity index (χ3n) is 4.78. The van der Waals surface area contributed by atoms with Crippen LogP contribution in [0.2, 0.25) is 0 Å². The zero-order valence-corrected chi connectivity index (χ0v) is 17.4. The van der Waals surface area contributed by atoms with Crippen LogP contribution in [0, 0.1) is 0 Å². The van der Waals surface area contributed by atoms with Crippen molar-refractivity contribution in [2.45, 2.75) is 31.8 Å². The molecule has 1 aliphatic carbocycles. The third kappa shape index (κ3) is 5.63. The Bertz CT molecular complexity index is 938. The van der Waals surface area contributed by atoms with Crippen molar-refractivity contribution in [2.24, 2.45) is 0 Å². The SMILES string of the molecule is COc1ccccc1N(CC(=O)Nc1ccc(OC2CCCC2)cc1)S(C)(=O)=O. The van der Waals surface area contributed by atoms with E-state index in [1.54, 1.807) is 36.4 Å². The van der Waals surface area contributed by atoms with Gasteiger partial charge in [-0.25, -0.2) is 8.42 Å². The van der Waals surface area contributed by atoms with Crippen LogP contribution in [0.3, 0.4) is 0 Å². The van der Waals surface area contributed by atoms with Crippen molar-refractivity contribution < 1.29 is 22.7 Å². The maximum absolute atomic E-state index is 12.5. The first-order valence-corrected chi connectivity index (χ1v) is 11.4. The highest BCUT2D eigenvalue weighted by atomic mass is 32.2. The number of carbonyl (C=O) groups is 1. The quantitative estimate of drug-likeness (QED) is 0.710. The van der Waals surface area contributed by atoms with Crippen molar-refractivity contribution in [1.82, 2.24) is 0 Å². The molecule has 0 aliphatic heterocycles. The lowest BCUT2D eigenvalue weighted by molar-refractivity contribution is -0.114. The molecule has 7 nitrogen and oxygen atoms in total. The second-order valence-corrected chi connectivity index (χ2v) is 8.95. The maximum atomic E-state index is 12.5. The minimum Gasteiger partial charge on any atom is -0.495 e. The van der Waals surface area contributed by atoms with Crippen LogP contribution in [0.5, 0.6) is 11.5 Å². The molecular weight excluding hydrogens is 392 g/mol. The minimum absolute atomic E-state index is 0.264. The van der Waals surface area contributed by atoms with E-state index in [1.807, 2.05) is 12.1 Å². The molecule has 0 bridgehead atoms. The molecule has 1 N–H and O–H groups in total. The predicted molar refractivity (Wildman–Crippen MR) is 113 cm³/mol. The Morgan fingerprint density at radius 1 is 1.10 bits per heavy atom. The number of hydrogen-bond acceptors (Lipinski definition) is 5. The molecule has 1 saturated carbocycles. The number of anilines is 2. The summed E-state index contributed by atoms with van der Waals surface area (Å²) in [6, 6.07) is 13.8. The van der Waals surface area contributed by atoms with Gasteiger partial charge in [0.1, 0.15) is 18.0 Å². The van der Waals surface area contributed by atoms with Gasteiger partial charge in [0.2, 0.25) is 15.9 Å². The van der Waals surface area contributed by atoms with Crippen molar-refractivity contribution >= 4 is 27.3 Å². The molecule has 1 fully saturated rings. The molecule has 0 spiro atoms. The van der Waals surface area contributed by atoms with E-state index in [0.29, 0.717) is 17.1 Å².